The zero-order valence-corrected chi connectivity index (χ0v) is 16.9. The predicted octanol–water partition coefficient (Wildman–Crippen LogP) is 4.45. The van der Waals surface area contributed by atoms with Gasteiger partial charge in [0.2, 0.25) is 0 Å². The lowest BCUT2D eigenvalue weighted by Gasteiger charge is -2.19. The quantitative estimate of drug-likeness (QED) is 0.547. The van der Waals surface area contributed by atoms with Gasteiger partial charge in [0.25, 0.3) is 0 Å². The maximum atomic E-state index is 12.2. The van der Waals surface area contributed by atoms with Crippen LogP contribution in [0.15, 0.2) is 24.3 Å². The van der Waals surface area contributed by atoms with Gasteiger partial charge in [-0.15, -0.1) is 0 Å². The maximum Gasteiger partial charge on any atom is 0.407 e. The lowest BCUT2D eigenvalue weighted by Crippen LogP contribution is -2.33. The minimum atomic E-state index is -0.517. The van der Waals surface area contributed by atoms with Gasteiger partial charge in [0.05, 0.1) is 12.5 Å². The highest BCUT2D eigenvalue weighted by Crippen LogP contribution is 2.19. The Balaban J connectivity index is 2.31. The van der Waals surface area contributed by atoms with Gasteiger partial charge in [0.1, 0.15) is 5.60 Å². The number of esters is 1. The molecule has 0 bridgehead atoms. The molecule has 1 amide bonds. The average Bonchev–Trinajstić information content (AvgIpc) is 2.52. The first-order valence-electron chi connectivity index (χ1n) is 9.31. The van der Waals surface area contributed by atoms with Crippen LogP contribution in [0.2, 0.25) is 0 Å². The summed E-state index contributed by atoms with van der Waals surface area (Å²) in [6, 6.07) is 8.13. The molecule has 0 saturated carbocycles. The first-order valence-corrected chi connectivity index (χ1v) is 9.31. The van der Waals surface area contributed by atoms with Crippen molar-refractivity contribution in [1.82, 2.24) is 5.32 Å². The molecular formula is C21H33NO4. The summed E-state index contributed by atoms with van der Waals surface area (Å²) in [5, 5.41) is 2.64. The van der Waals surface area contributed by atoms with Crippen LogP contribution in [0, 0.1) is 5.92 Å². The van der Waals surface area contributed by atoms with Crippen LogP contribution in [0.5, 0.6) is 0 Å². The van der Waals surface area contributed by atoms with E-state index in [1.54, 1.807) is 0 Å². The molecule has 1 aromatic carbocycles. The number of rotatable bonds is 8. The minimum absolute atomic E-state index is 0.251. The van der Waals surface area contributed by atoms with Gasteiger partial charge in [0, 0.05) is 6.54 Å². The molecule has 146 valence electrons. The second kappa shape index (κ2) is 10.2. The Morgan fingerprint density at radius 1 is 1.08 bits per heavy atom. The average molecular weight is 363 g/mol. The third-order valence-corrected chi connectivity index (χ3v) is 3.71. The topological polar surface area (TPSA) is 64.6 Å². The molecule has 0 spiro atoms. The van der Waals surface area contributed by atoms with E-state index < -0.39 is 11.7 Å². The van der Waals surface area contributed by atoms with Crippen molar-refractivity contribution < 1.29 is 19.1 Å². The van der Waals surface area contributed by atoms with E-state index >= 15 is 0 Å². The standard InChI is InChI=1S/C21H33NO4/c1-15(2)14-17-8-10-18(11-9-17)16(3)19(23)25-13-7-12-22-20(24)26-21(4,5)6/h8-11,15-16H,7,12-14H2,1-6H3,(H,22,24)/t16-/m0/s1. The van der Waals surface area contributed by atoms with Crippen LogP contribution in [-0.4, -0.2) is 30.8 Å². The monoisotopic (exact) mass is 363 g/mol. The van der Waals surface area contributed by atoms with Crippen molar-refractivity contribution in [3.8, 4) is 0 Å². The van der Waals surface area contributed by atoms with Crippen molar-refractivity contribution in [3.63, 3.8) is 0 Å². The number of hydrogen-bond donors (Lipinski definition) is 1. The van der Waals surface area contributed by atoms with Gasteiger partial charge in [-0.05, 0) is 57.6 Å². The molecule has 0 aliphatic rings. The Bertz CT molecular complexity index is 573. The largest absolute Gasteiger partial charge is 0.465 e. The summed E-state index contributed by atoms with van der Waals surface area (Å²) in [4.78, 5) is 23.7. The first kappa shape index (κ1) is 22.0. The van der Waals surface area contributed by atoms with Gasteiger partial charge in [0.15, 0.2) is 0 Å². The number of nitrogens with one attached hydrogen (secondary N) is 1. The normalized spacial score (nSPS) is 12.6. The fourth-order valence-electron chi connectivity index (χ4n) is 2.42. The SMILES string of the molecule is CC(C)Cc1ccc([C@H](C)C(=O)OCCCNC(=O)OC(C)(C)C)cc1. The molecule has 0 fully saturated rings. The molecule has 1 N–H and O–H groups in total. The number of amides is 1. The van der Waals surface area contributed by atoms with Crippen molar-refractivity contribution in [2.45, 2.75) is 65.9 Å². The van der Waals surface area contributed by atoms with Crippen molar-refractivity contribution in [3.05, 3.63) is 35.4 Å². The Hall–Kier alpha value is -2.04. The second-order valence-corrected chi connectivity index (χ2v) is 8.01. The second-order valence-electron chi connectivity index (χ2n) is 8.01. The highest BCUT2D eigenvalue weighted by atomic mass is 16.6. The zero-order valence-electron chi connectivity index (χ0n) is 16.9. The number of carbonyl (C=O) groups excluding carboxylic acids is 2. The molecule has 0 unspecified atom stereocenters. The van der Waals surface area contributed by atoms with Crippen molar-refractivity contribution >= 4 is 12.1 Å². The van der Waals surface area contributed by atoms with E-state index in [1.807, 2.05) is 39.8 Å². The highest BCUT2D eigenvalue weighted by Gasteiger charge is 2.17. The van der Waals surface area contributed by atoms with Crippen LogP contribution in [-0.2, 0) is 20.7 Å². The Labute approximate surface area is 157 Å². The summed E-state index contributed by atoms with van der Waals surface area (Å²) in [6.45, 7) is 12.3. The van der Waals surface area contributed by atoms with Gasteiger partial charge in [-0.2, -0.15) is 0 Å². The smallest absolute Gasteiger partial charge is 0.407 e. The Kier molecular flexibility index (Phi) is 8.62. The summed E-state index contributed by atoms with van der Waals surface area (Å²) in [6.07, 6.45) is 1.12. The molecular weight excluding hydrogens is 330 g/mol. The number of alkyl carbamates (subject to hydrolysis) is 1. The fourth-order valence-corrected chi connectivity index (χ4v) is 2.42. The van der Waals surface area contributed by atoms with E-state index in [-0.39, 0.29) is 18.5 Å². The number of ether oxygens (including phenoxy) is 2. The zero-order chi connectivity index (χ0) is 19.7. The molecule has 26 heavy (non-hydrogen) atoms. The van der Waals surface area contributed by atoms with Crippen LogP contribution >= 0.6 is 0 Å². The number of hydrogen-bond acceptors (Lipinski definition) is 4. The maximum absolute atomic E-state index is 12.2. The van der Waals surface area contributed by atoms with Crippen LogP contribution in [0.3, 0.4) is 0 Å². The third-order valence-electron chi connectivity index (χ3n) is 3.71. The molecule has 0 aliphatic carbocycles. The van der Waals surface area contributed by atoms with Gasteiger partial charge in [-0.3, -0.25) is 4.79 Å². The minimum Gasteiger partial charge on any atom is -0.465 e. The lowest BCUT2D eigenvalue weighted by molar-refractivity contribution is -0.145. The van der Waals surface area contributed by atoms with Crippen LogP contribution in [0.4, 0.5) is 4.79 Å². The van der Waals surface area contributed by atoms with Gasteiger partial charge < -0.3 is 14.8 Å². The molecule has 1 atom stereocenters. The molecule has 0 radical (unpaired) electrons. The van der Waals surface area contributed by atoms with Crippen LogP contribution in [0.1, 0.15) is 65.0 Å². The van der Waals surface area contributed by atoms with Crippen LogP contribution < -0.4 is 5.32 Å². The van der Waals surface area contributed by atoms with E-state index in [0.717, 1.165) is 12.0 Å². The van der Waals surface area contributed by atoms with E-state index in [2.05, 4.69) is 31.3 Å². The van der Waals surface area contributed by atoms with Crippen molar-refractivity contribution in [1.29, 1.82) is 0 Å². The van der Waals surface area contributed by atoms with E-state index in [4.69, 9.17) is 9.47 Å². The van der Waals surface area contributed by atoms with Crippen molar-refractivity contribution in [2.24, 2.45) is 5.92 Å². The summed E-state index contributed by atoms with van der Waals surface area (Å²) in [5.74, 6) is 0.0540. The van der Waals surface area contributed by atoms with E-state index in [1.165, 1.54) is 5.56 Å². The molecule has 1 aromatic rings. The molecule has 5 nitrogen and oxygen atoms in total. The third kappa shape index (κ3) is 8.88. The molecule has 5 heteroatoms. The first-order chi connectivity index (χ1) is 12.1. The molecule has 0 aliphatic heterocycles. The van der Waals surface area contributed by atoms with E-state index in [9.17, 15) is 9.59 Å². The summed E-state index contributed by atoms with van der Waals surface area (Å²) in [5.41, 5.74) is 1.71. The Morgan fingerprint density at radius 3 is 2.23 bits per heavy atom. The van der Waals surface area contributed by atoms with Crippen molar-refractivity contribution in [2.75, 3.05) is 13.2 Å². The fraction of sp³-hybridized carbons (Fsp3) is 0.619. The molecule has 0 aromatic heterocycles. The number of carbonyl (C=O) groups is 2. The lowest BCUT2D eigenvalue weighted by atomic mass is 9.97. The van der Waals surface area contributed by atoms with Gasteiger partial charge in [-0.25, -0.2) is 4.79 Å². The summed E-state index contributed by atoms with van der Waals surface area (Å²) < 4.78 is 10.4. The predicted molar refractivity (Wildman–Crippen MR) is 103 cm³/mol. The highest BCUT2D eigenvalue weighted by molar-refractivity contribution is 5.77. The Morgan fingerprint density at radius 2 is 1.69 bits per heavy atom. The summed E-state index contributed by atoms with van der Waals surface area (Å²) in [7, 11) is 0. The molecule has 0 saturated heterocycles. The van der Waals surface area contributed by atoms with Crippen LogP contribution in [0.25, 0.3) is 0 Å². The van der Waals surface area contributed by atoms with Gasteiger partial charge in [-0.1, -0.05) is 38.1 Å². The summed E-state index contributed by atoms with van der Waals surface area (Å²) >= 11 is 0. The van der Waals surface area contributed by atoms with Gasteiger partial charge >= 0.3 is 12.1 Å². The van der Waals surface area contributed by atoms with E-state index in [0.29, 0.717) is 18.9 Å². The molecule has 1 rings (SSSR count). The number of benzene rings is 1. The molecule has 0 heterocycles.